The lowest BCUT2D eigenvalue weighted by atomic mass is 10.1. The average molecular weight is 392 g/mol. The van der Waals surface area contributed by atoms with Gasteiger partial charge in [-0.15, -0.1) is 0 Å². The molecule has 154 valence electrons. The van der Waals surface area contributed by atoms with E-state index in [1.165, 1.54) is 0 Å². The van der Waals surface area contributed by atoms with Crippen molar-refractivity contribution < 1.29 is 24.2 Å². The average Bonchev–Trinajstić information content (AvgIpc) is 2.93. The van der Waals surface area contributed by atoms with Crippen LogP contribution >= 0.6 is 0 Å². The Bertz CT molecular complexity index is 727. The second-order valence-electron chi connectivity index (χ2n) is 7.10. The zero-order valence-corrected chi connectivity index (χ0v) is 16.8. The smallest absolute Gasteiger partial charge is 0.413 e. The number of likely N-dealkylation sites (N-methyl/N-ethyl adjacent to an activating group) is 1. The summed E-state index contributed by atoms with van der Waals surface area (Å²) in [6.07, 6.45) is 1.39. The molecule has 1 heterocycles. The number of ether oxygens (including phenoxy) is 1. The Balaban J connectivity index is 0.000000292. The minimum atomic E-state index is -0.882. The van der Waals surface area contributed by atoms with Crippen LogP contribution in [-0.4, -0.2) is 54.2 Å². The predicted molar refractivity (Wildman–Crippen MR) is 104 cm³/mol. The van der Waals surface area contributed by atoms with Gasteiger partial charge in [-0.1, -0.05) is 12.1 Å². The van der Waals surface area contributed by atoms with Crippen molar-refractivity contribution in [1.29, 1.82) is 0 Å². The Morgan fingerprint density at radius 2 is 2.04 bits per heavy atom. The zero-order valence-electron chi connectivity index (χ0n) is 16.8. The molecule has 1 aliphatic rings. The maximum absolute atomic E-state index is 11.4. The zero-order chi connectivity index (χ0) is 21.3. The van der Waals surface area contributed by atoms with Crippen LogP contribution in [0.1, 0.15) is 36.7 Å². The van der Waals surface area contributed by atoms with Gasteiger partial charge in [0.15, 0.2) is 12.5 Å². The lowest BCUT2D eigenvalue weighted by Gasteiger charge is -2.20. The van der Waals surface area contributed by atoms with Gasteiger partial charge in [0, 0.05) is 19.8 Å². The van der Waals surface area contributed by atoms with Gasteiger partial charge in [-0.3, -0.25) is 10.1 Å². The molecule has 0 saturated heterocycles. The van der Waals surface area contributed by atoms with Gasteiger partial charge in [0.05, 0.1) is 5.56 Å². The Morgan fingerprint density at radius 1 is 1.36 bits per heavy atom. The molecule has 1 aromatic rings. The molecule has 0 fully saturated rings. The Labute approximate surface area is 164 Å². The summed E-state index contributed by atoms with van der Waals surface area (Å²) >= 11 is 0. The van der Waals surface area contributed by atoms with Gasteiger partial charge in [0.25, 0.3) is 0 Å². The predicted octanol–water partition coefficient (Wildman–Crippen LogP) is 1.47. The topological polar surface area (TPSA) is 120 Å². The van der Waals surface area contributed by atoms with Gasteiger partial charge in [0.2, 0.25) is 0 Å². The SMILES string of the molecule is CN1C=C(NC(=O)OC(C)(C)C)NC1C=O.CNCc1cccc(C(=O)O)c1. The molecule has 1 unspecified atom stereocenters. The fourth-order valence-electron chi connectivity index (χ4n) is 2.21. The molecule has 0 radical (unpaired) electrons. The summed E-state index contributed by atoms with van der Waals surface area (Å²) in [5.41, 5.74) is 0.777. The molecule has 0 bridgehead atoms. The van der Waals surface area contributed by atoms with Gasteiger partial charge in [0.1, 0.15) is 11.4 Å². The maximum atomic E-state index is 11.4. The van der Waals surface area contributed by atoms with Crippen molar-refractivity contribution in [1.82, 2.24) is 20.9 Å². The van der Waals surface area contributed by atoms with Crippen molar-refractivity contribution in [2.24, 2.45) is 0 Å². The first-order chi connectivity index (χ1) is 13.1. The number of aromatic carboxylic acids is 1. The molecule has 4 N–H and O–H groups in total. The van der Waals surface area contributed by atoms with Crippen LogP contribution in [0.4, 0.5) is 4.79 Å². The first kappa shape index (κ1) is 23.0. The summed E-state index contributed by atoms with van der Waals surface area (Å²) < 4.78 is 5.07. The van der Waals surface area contributed by atoms with E-state index in [1.807, 2.05) is 13.1 Å². The van der Waals surface area contributed by atoms with E-state index in [0.717, 1.165) is 11.8 Å². The molecule has 0 saturated carbocycles. The molecule has 1 atom stereocenters. The molecular formula is C19H28N4O5. The van der Waals surface area contributed by atoms with Crippen molar-refractivity contribution in [2.75, 3.05) is 14.1 Å². The number of hydrogen-bond acceptors (Lipinski definition) is 7. The summed E-state index contributed by atoms with van der Waals surface area (Å²) in [4.78, 5) is 34.2. The number of carbonyl (C=O) groups excluding carboxylic acids is 2. The summed E-state index contributed by atoms with van der Waals surface area (Å²) in [5.74, 6) is -0.429. The number of benzene rings is 1. The molecule has 0 spiro atoms. The number of carboxylic acids is 1. The Morgan fingerprint density at radius 3 is 2.54 bits per heavy atom. The second-order valence-corrected chi connectivity index (χ2v) is 7.10. The molecule has 9 heteroatoms. The fourth-order valence-corrected chi connectivity index (χ4v) is 2.21. The van der Waals surface area contributed by atoms with Crippen LogP contribution in [0.2, 0.25) is 0 Å². The van der Waals surface area contributed by atoms with E-state index in [4.69, 9.17) is 9.84 Å². The summed E-state index contributed by atoms with van der Waals surface area (Å²) in [6.45, 7) is 6.04. The van der Waals surface area contributed by atoms with Crippen LogP contribution in [0.25, 0.3) is 0 Å². The van der Waals surface area contributed by atoms with Gasteiger partial charge >= 0.3 is 12.1 Å². The minimum Gasteiger partial charge on any atom is -0.478 e. The molecule has 9 nitrogen and oxygen atoms in total. The summed E-state index contributed by atoms with van der Waals surface area (Å²) in [7, 11) is 3.56. The van der Waals surface area contributed by atoms with E-state index in [9.17, 15) is 14.4 Å². The second kappa shape index (κ2) is 10.3. The van der Waals surface area contributed by atoms with Crippen molar-refractivity contribution in [3.05, 3.63) is 47.4 Å². The fraction of sp³-hybridized carbons (Fsp3) is 0.421. The first-order valence-electron chi connectivity index (χ1n) is 8.68. The third-order valence-corrected chi connectivity index (χ3v) is 3.39. The summed E-state index contributed by atoms with van der Waals surface area (Å²) in [6, 6.07) is 6.89. The lowest BCUT2D eigenvalue weighted by molar-refractivity contribution is -0.111. The molecule has 0 aromatic heterocycles. The normalized spacial score (nSPS) is 15.5. The Hall–Kier alpha value is -3.07. The molecule has 0 aliphatic carbocycles. The standard InChI is InChI=1S/C10H17N3O3.C9H11NO2/c1-10(2,3)16-9(15)12-7-5-13(4)8(6-14)11-7;1-10-6-7-3-2-4-8(5-7)9(11)12/h5-6,8,11H,1-4H3,(H,12,15);2-5,10H,6H2,1H3,(H,11,12). The van der Waals surface area contributed by atoms with E-state index >= 15 is 0 Å². The number of hydrogen-bond donors (Lipinski definition) is 4. The van der Waals surface area contributed by atoms with Crippen LogP contribution in [-0.2, 0) is 16.1 Å². The van der Waals surface area contributed by atoms with Crippen LogP contribution in [0.3, 0.4) is 0 Å². The third-order valence-electron chi connectivity index (χ3n) is 3.39. The van der Waals surface area contributed by atoms with Crippen LogP contribution in [0, 0.1) is 0 Å². The van der Waals surface area contributed by atoms with E-state index in [2.05, 4.69) is 16.0 Å². The highest BCUT2D eigenvalue weighted by Gasteiger charge is 2.23. The number of nitrogens with zero attached hydrogens (tertiary/aromatic N) is 1. The Kier molecular flexibility index (Phi) is 8.46. The highest BCUT2D eigenvalue weighted by molar-refractivity contribution is 5.87. The lowest BCUT2D eigenvalue weighted by Crippen LogP contribution is -2.40. The number of amides is 1. The molecule has 2 rings (SSSR count). The van der Waals surface area contributed by atoms with Crippen LogP contribution in [0.5, 0.6) is 0 Å². The molecule has 1 amide bonds. The van der Waals surface area contributed by atoms with Crippen molar-refractivity contribution in [3.63, 3.8) is 0 Å². The largest absolute Gasteiger partial charge is 0.478 e. The molecule has 1 aromatic carbocycles. The third kappa shape index (κ3) is 8.09. The highest BCUT2D eigenvalue weighted by Crippen LogP contribution is 2.09. The molecule has 1 aliphatic heterocycles. The van der Waals surface area contributed by atoms with E-state index < -0.39 is 23.8 Å². The van der Waals surface area contributed by atoms with E-state index in [1.54, 1.807) is 57.1 Å². The molecule has 28 heavy (non-hydrogen) atoms. The van der Waals surface area contributed by atoms with E-state index in [0.29, 0.717) is 17.9 Å². The van der Waals surface area contributed by atoms with Gasteiger partial charge in [-0.25, -0.2) is 9.59 Å². The van der Waals surface area contributed by atoms with E-state index in [-0.39, 0.29) is 0 Å². The summed E-state index contributed by atoms with van der Waals surface area (Å²) in [5, 5.41) is 16.9. The van der Waals surface area contributed by atoms with Crippen LogP contribution in [0.15, 0.2) is 36.3 Å². The van der Waals surface area contributed by atoms with Crippen molar-refractivity contribution in [3.8, 4) is 0 Å². The van der Waals surface area contributed by atoms with Gasteiger partial charge in [-0.05, 0) is 45.5 Å². The van der Waals surface area contributed by atoms with Gasteiger partial charge in [-0.2, -0.15) is 0 Å². The number of alkyl carbamates (subject to hydrolysis) is 1. The minimum absolute atomic E-state index is 0.336. The number of carboxylic acid groups (broad SMARTS) is 1. The van der Waals surface area contributed by atoms with Crippen LogP contribution < -0.4 is 16.0 Å². The number of nitrogens with one attached hydrogen (secondary N) is 3. The van der Waals surface area contributed by atoms with Crippen molar-refractivity contribution in [2.45, 2.75) is 39.1 Å². The number of aldehydes is 1. The quantitative estimate of drug-likeness (QED) is 0.556. The number of carbonyl (C=O) groups is 3. The maximum Gasteiger partial charge on any atom is 0.413 e. The van der Waals surface area contributed by atoms with Gasteiger partial charge < -0.3 is 25.4 Å². The molecular weight excluding hydrogens is 364 g/mol. The van der Waals surface area contributed by atoms with Crippen molar-refractivity contribution >= 4 is 18.3 Å². The highest BCUT2D eigenvalue weighted by atomic mass is 16.6. The first-order valence-corrected chi connectivity index (χ1v) is 8.68. The number of rotatable bonds is 5. The monoisotopic (exact) mass is 392 g/mol.